The van der Waals surface area contributed by atoms with Crippen molar-refractivity contribution in [2.75, 3.05) is 13.7 Å². The SMILES string of the molecule is COc1cc([C@H]2C(C(=O)OCCc3ccccc3)=C(C)NC3=C2C(=O)C[C@H](c2ccccc2)C3)ccc1O. The van der Waals surface area contributed by atoms with Crippen LogP contribution in [-0.4, -0.2) is 30.6 Å². The van der Waals surface area contributed by atoms with Gasteiger partial charge in [-0.1, -0.05) is 66.7 Å². The van der Waals surface area contributed by atoms with Crippen molar-refractivity contribution in [3.05, 3.63) is 118 Å². The number of carbonyl (C=O) groups excluding carboxylic acids is 2. The Hall–Kier alpha value is -4.32. The molecule has 0 amide bonds. The van der Waals surface area contributed by atoms with Gasteiger partial charge in [-0.15, -0.1) is 0 Å². The molecule has 3 aromatic rings. The maximum absolute atomic E-state index is 13.7. The Kier molecular flexibility index (Phi) is 7.31. The number of Topliss-reactive ketones (excluding diaryl/α,β-unsaturated/α-hetero) is 1. The highest BCUT2D eigenvalue weighted by molar-refractivity contribution is 6.04. The van der Waals surface area contributed by atoms with Crippen molar-refractivity contribution in [2.45, 2.75) is 38.0 Å². The highest BCUT2D eigenvalue weighted by atomic mass is 16.5. The molecule has 38 heavy (non-hydrogen) atoms. The number of hydrogen-bond acceptors (Lipinski definition) is 6. The van der Waals surface area contributed by atoms with E-state index in [0.717, 1.165) is 16.8 Å². The van der Waals surface area contributed by atoms with Gasteiger partial charge in [-0.25, -0.2) is 4.79 Å². The maximum Gasteiger partial charge on any atom is 0.336 e. The largest absolute Gasteiger partial charge is 0.504 e. The summed E-state index contributed by atoms with van der Waals surface area (Å²) in [6, 6.07) is 24.8. The number of nitrogens with one attached hydrogen (secondary N) is 1. The van der Waals surface area contributed by atoms with Gasteiger partial charge >= 0.3 is 5.97 Å². The summed E-state index contributed by atoms with van der Waals surface area (Å²) in [5, 5.41) is 13.6. The molecule has 1 heterocycles. The number of methoxy groups -OCH3 is 1. The van der Waals surface area contributed by atoms with Crippen LogP contribution in [0.5, 0.6) is 11.5 Å². The summed E-state index contributed by atoms with van der Waals surface area (Å²) in [5.41, 5.74) is 5.34. The van der Waals surface area contributed by atoms with Gasteiger partial charge in [0, 0.05) is 35.7 Å². The van der Waals surface area contributed by atoms with E-state index in [9.17, 15) is 14.7 Å². The predicted octanol–water partition coefficient (Wildman–Crippen LogP) is 5.55. The van der Waals surface area contributed by atoms with Crippen molar-refractivity contribution >= 4 is 11.8 Å². The lowest BCUT2D eigenvalue weighted by atomic mass is 9.71. The minimum absolute atomic E-state index is 0.00766. The first kappa shape index (κ1) is 25.3. The summed E-state index contributed by atoms with van der Waals surface area (Å²) in [6.07, 6.45) is 1.60. The van der Waals surface area contributed by atoms with Gasteiger partial charge in [-0.3, -0.25) is 4.79 Å². The molecular weight excluding hydrogens is 478 g/mol. The number of hydrogen-bond donors (Lipinski definition) is 2. The quantitative estimate of drug-likeness (QED) is 0.407. The topological polar surface area (TPSA) is 84.9 Å². The molecule has 0 unspecified atom stereocenters. The average molecular weight is 510 g/mol. The number of dihydropyridines is 1. The molecule has 1 aliphatic heterocycles. The van der Waals surface area contributed by atoms with E-state index < -0.39 is 11.9 Å². The van der Waals surface area contributed by atoms with Crippen LogP contribution < -0.4 is 10.1 Å². The molecule has 0 spiro atoms. The van der Waals surface area contributed by atoms with Crippen molar-refractivity contribution < 1.29 is 24.2 Å². The van der Waals surface area contributed by atoms with Crippen LogP contribution in [0.25, 0.3) is 0 Å². The fourth-order valence-corrected chi connectivity index (χ4v) is 5.46. The predicted molar refractivity (Wildman–Crippen MR) is 145 cm³/mol. The Morgan fingerprint density at radius 3 is 2.39 bits per heavy atom. The molecular formula is C32H31NO5. The lowest BCUT2D eigenvalue weighted by Crippen LogP contribution is -2.36. The van der Waals surface area contributed by atoms with Gasteiger partial charge in [0.25, 0.3) is 0 Å². The van der Waals surface area contributed by atoms with Crippen molar-refractivity contribution in [3.8, 4) is 11.5 Å². The fourth-order valence-electron chi connectivity index (χ4n) is 5.46. The van der Waals surface area contributed by atoms with E-state index in [1.807, 2.05) is 67.6 Å². The summed E-state index contributed by atoms with van der Waals surface area (Å²) >= 11 is 0. The Labute approximate surface area is 222 Å². The molecule has 0 aromatic heterocycles. The van der Waals surface area contributed by atoms with Gasteiger partial charge in [-0.05, 0) is 48.1 Å². The van der Waals surface area contributed by atoms with Crippen LogP contribution in [0.2, 0.25) is 0 Å². The number of allylic oxidation sites excluding steroid dienone is 3. The van der Waals surface area contributed by atoms with E-state index in [2.05, 4.69) is 5.32 Å². The second kappa shape index (κ2) is 11.0. The van der Waals surface area contributed by atoms with E-state index in [-0.39, 0.29) is 29.8 Å². The van der Waals surface area contributed by atoms with Gasteiger partial charge in [0.05, 0.1) is 19.3 Å². The van der Waals surface area contributed by atoms with Gasteiger partial charge in [0.15, 0.2) is 17.3 Å². The van der Waals surface area contributed by atoms with E-state index in [4.69, 9.17) is 9.47 Å². The summed E-state index contributed by atoms with van der Waals surface area (Å²) in [5.74, 6) is -0.778. The van der Waals surface area contributed by atoms with Gasteiger partial charge in [-0.2, -0.15) is 0 Å². The second-order valence-electron chi connectivity index (χ2n) is 9.73. The van der Waals surface area contributed by atoms with Crippen LogP contribution in [0, 0.1) is 0 Å². The first-order valence-electron chi connectivity index (χ1n) is 12.8. The Bertz CT molecular complexity index is 1410. The minimum Gasteiger partial charge on any atom is -0.504 e. The molecule has 2 aliphatic rings. The summed E-state index contributed by atoms with van der Waals surface area (Å²) < 4.78 is 11.1. The molecule has 1 aliphatic carbocycles. The molecule has 3 aromatic carbocycles. The molecule has 0 saturated carbocycles. The smallest absolute Gasteiger partial charge is 0.336 e. The maximum atomic E-state index is 13.7. The van der Waals surface area contributed by atoms with Crippen LogP contribution in [0.4, 0.5) is 0 Å². The fraction of sp³-hybridized carbons (Fsp3) is 0.250. The van der Waals surface area contributed by atoms with E-state index in [0.29, 0.717) is 41.7 Å². The van der Waals surface area contributed by atoms with E-state index in [1.165, 1.54) is 13.2 Å². The number of aromatic hydroxyl groups is 1. The van der Waals surface area contributed by atoms with Crippen LogP contribution in [-0.2, 0) is 20.7 Å². The molecule has 194 valence electrons. The van der Waals surface area contributed by atoms with Crippen LogP contribution in [0.3, 0.4) is 0 Å². The zero-order valence-corrected chi connectivity index (χ0v) is 21.6. The molecule has 2 N–H and O–H groups in total. The zero-order valence-electron chi connectivity index (χ0n) is 21.6. The Morgan fingerprint density at radius 1 is 0.974 bits per heavy atom. The van der Waals surface area contributed by atoms with E-state index >= 15 is 0 Å². The lowest BCUT2D eigenvalue weighted by molar-refractivity contribution is -0.139. The molecule has 0 saturated heterocycles. The van der Waals surface area contributed by atoms with Crippen LogP contribution in [0.1, 0.15) is 48.3 Å². The highest BCUT2D eigenvalue weighted by Gasteiger charge is 2.41. The van der Waals surface area contributed by atoms with Crippen molar-refractivity contribution in [1.29, 1.82) is 0 Å². The molecule has 0 bridgehead atoms. The number of esters is 1. The van der Waals surface area contributed by atoms with Crippen molar-refractivity contribution in [1.82, 2.24) is 5.32 Å². The number of rotatable bonds is 7. The lowest BCUT2D eigenvalue weighted by Gasteiger charge is -2.36. The average Bonchev–Trinajstić information content (AvgIpc) is 2.93. The number of phenols is 1. The third kappa shape index (κ3) is 5.07. The normalized spacial score (nSPS) is 19.1. The molecule has 0 radical (unpaired) electrons. The monoisotopic (exact) mass is 509 g/mol. The zero-order chi connectivity index (χ0) is 26.6. The van der Waals surface area contributed by atoms with Crippen molar-refractivity contribution in [2.24, 2.45) is 0 Å². The molecule has 0 fully saturated rings. The third-order valence-corrected chi connectivity index (χ3v) is 7.32. The molecule has 5 rings (SSSR count). The third-order valence-electron chi connectivity index (χ3n) is 7.32. The summed E-state index contributed by atoms with van der Waals surface area (Å²) in [7, 11) is 1.47. The minimum atomic E-state index is -0.630. The first-order chi connectivity index (χ1) is 18.5. The molecule has 2 atom stereocenters. The van der Waals surface area contributed by atoms with Crippen molar-refractivity contribution in [3.63, 3.8) is 0 Å². The number of benzene rings is 3. The second-order valence-corrected chi connectivity index (χ2v) is 9.73. The Morgan fingerprint density at radius 2 is 1.68 bits per heavy atom. The number of ether oxygens (including phenoxy) is 2. The first-order valence-corrected chi connectivity index (χ1v) is 12.8. The molecule has 6 heteroatoms. The number of carbonyl (C=O) groups is 2. The number of ketones is 1. The van der Waals surface area contributed by atoms with Gasteiger partial charge in [0.2, 0.25) is 0 Å². The molecule has 6 nitrogen and oxygen atoms in total. The van der Waals surface area contributed by atoms with Crippen LogP contribution >= 0.6 is 0 Å². The summed E-state index contributed by atoms with van der Waals surface area (Å²) in [6.45, 7) is 2.07. The Balaban J connectivity index is 1.50. The van der Waals surface area contributed by atoms with Gasteiger partial charge in [0.1, 0.15) is 0 Å². The summed E-state index contributed by atoms with van der Waals surface area (Å²) in [4.78, 5) is 27.3. The highest BCUT2D eigenvalue weighted by Crippen LogP contribution is 2.46. The standard InChI is InChI=1S/C32H31NO5/c1-20-29(32(36)38-16-15-21-9-5-3-6-10-21)30(23-13-14-26(34)28(19-23)37-2)31-25(33-20)17-24(18-27(31)35)22-11-7-4-8-12-22/h3-14,19,24,30,33-34H,15-18H2,1-2H3/t24-,30+/m1/s1. The number of phenolic OH excluding ortho intramolecular Hbond substituents is 1. The van der Waals surface area contributed by atoms with Crippen LogP contribution in [0.15, 0.2) is 101 Å². The van der Waals surface area contributed by atoms with E-state index in [1.54, 1.807) is 12.1 Å². The van der Waals surface area contributed by atoms with Gasteiger partial charge < -0.3 is 19.9 Å².